The molecule has 1 N–H and O–H groups in total. The molecular formula is C20H22N2O4. The van der Waals surface area contributed by atoms with Crippen molar-refractivity contribution >= 4 is 17.7 Å². The quantitative estimate of drug-likeness (QED) is 0.911. The lowest BCUT2D eigenvalue weighted by Gasteiger charge is -2.23. The minimum atomic E-state index is -0.559. The average Bonchev–Trinajstić information content (AvgIpc) is 3.13. The largest absolute Gasteiger partial charge is 0.495 e. The Kier molecular flexibility index (Phi) is 5.41. The average molecular weight is 354 g/mol. The summed E-state index contributed by atoms with van der Waals surface area (Å²) in [4.78, 5) is 26.7. The van der Waals surface area contributed by atoms with E-state index in [1.165, 1.54) is 4.90 Å². The highest BCUT2D eigenvalue weighted by atomic mass is 16.6. The van der Waals surface area contributed by atoms with Crippen LogP contribution in [0.15, 0.2) is 48.5 Å². The first-order chi connectivity index (χ1) is 12.6. The van der Waals surface area contributed by atoms with Crippen molar-refractivity contribution in [2.75, 3.05) is 19.0 Å². The number of benzene rings is 2. The van der Waals surface area contributed by atoms with Gasteiger partial charge in [0.05, 0.1) is 12.8 Å². The summed E-state index contributed by atoms with van der Waals surface area (Å²) in [6, 6.07) is 13.9. The number of para-hydroxylation sites is 1. The van der Waals surface area contributed by atoms with E-state index in [1.807, 2.05) is 25.1 Å². The zero-order chi connectivity index (χ0) is 18.5. The van der Waals surface area contributed by atoms with Gasteiger partial charge in [0.25, 0.3) is 0 Å². The zero-order valence-electron chi connectivity index (χ0n) is 14.9. The molecule has 2 amide bonds. The number of rotatable bonds is 4. The van der Waals surface area contributed by atoms with Crippen LogP contribution in [0, 0.1) is 6.92 Å². The van der Waals surface area contributed by atoms with E-state index in [2.05, 4.69) is 5.32 Å². The predicted octanol–water partition coefficient (Wildman–Crippen LogP) is 3.61. The summed E-state index contributed by atoms with van der Waals surface area (Å²) in [6.07, 6.45) is 0.849. The topological polar surface area (TPSA) is 67.9 Å². The third-order valence-electron chi connectivity index (χ3n) is 4.35. The smallest absolute Gasteiger partial charge is 0.415 e. The van der Waals surface area contributed by atoms with Crippen LogP contribution in [0.2, 0.25) is 0 Å². The second-order valence-corrected chi connectivity index (χ2v) is 6.23. The SMILES string of the molecule is COc1ccc(C)cc1NC(=O)[C@H]1CCCN1C(=O)Oc1ccccc1. The normalized spacial score (nSPS) is 16.2. The van der Waals surface area contributed by atoms with E-state index >= 15 is 0 Å². The molecule has 2 aromatic rings. The number of nitrogens with zero attached hydrogens (tertiary/aromatic N) is 1. The number of nitrogens with one attached hydrogen (secondary N) is 1. The number of methoxy groups -OCH3 is 1. The van der Waals surface area contributed by atoms with E-state index in [1.54, 1.807) is 37.4 Å². The lowest BCUT2D eigenvalue weighted by atomic mass is 10.1. The summed E-state index contributed by atoms with van der Waals surface area (Å²) in [7, 11) is 1.55. The summed E-state index contributed by atoms with van der Waals surface area (Å²) >= 11 is 0. The van der Waals surface area contributed by atoms with Gasteiger partial charge >= 0.3 is 6.09 Å². The zero-order valence-corrected chi connectivity index (χ0v) is 14.9. The summed E-state index contributed by atoms with van der Waals surface area (Å²) in [6.45, 7) is 2.43. The monoisotopic (exact) mass is 354 g/mol. The fourth-order valence-corrected chi connectivity index (χ4v) is 3.04. The first kappa shape index (κ1) is 17.8. The van der Waals surface area contributed by atoms with Crippen LogP contribution >= 0.6 is 0 Å². The predicted molar refractivity (Wildman–Crippen MR) is 98.6 cm³/mol. The Morgan fingerprint density at radius 3 is 2.65 bits per heavy atom. The lowest BCUT2D eigenvalue weighted by Crippen LogP contribution is -2.44. The maximum atomic E-state index is 12.7. The van der Waals surface area contributed by atoms with Crippen molar-refractivity contribution in [3.05, 3.63) is 54.1 Å². The number of amides is 2. The van der Waals surface area contributed by atoms with Gasteiger partial charge in [0.15, 0.2) is 0 Å². The molecule has 26 heavy (non-hydrogen) atoms. The first-order valence-corrected chi connectivity index (χ1v) is 8.57. The van der Waals surface area contributed by atoms with Gasteiger partial charge in [-0.3, -0.25) is 9.69 Å². The van der Waals surface area contributed by atoms with Crippen LogP contribution in [-0.4, -0.2) is 36.6 Å². The molecule has 1 aliphatic heterocycles. The van der Waals surface area contributed by atoms with Crippen molar-refractivity contribution in [3.8, 4) is 11.5 Å². The van der Waals surface area contributed by atoms with Gasteiger partial charge in [-0.25, -0.2) is 4.79 Å². The van der Waals surface area contributed by atoms with Crippen molar-refractivity contribution < 1.29 is 19.1 Å². The molecule has 0 saturated carbocycles. The molecular weight excluding hydrogens is 332 g/mol. The van der Waals surface area contributed by atoms with E-state index in [4.69, 9.17) is 9.47 Å². The van der Waals surface area contributed by atoms with Crippen LogP contribution in [0.3, 0.4) is 0 Å². The molecule has 0 spiro atoms. The number of hydrogen-bond acceptors (Lipinski definition) is 4. The van der Waals surface area contributed by atoms with Gasteiger partial charge in [-0.2, -0.15) is 0 Å². The molecule has 1 atom stereocenters. The van der Waals surface area contributed by atoms with E-state index in [0.29, 0.717) is 30.2 Å². The lowest BCUT2D eigenvalue weighted by molar-refractivity contribution is -0.119. The van der Waals surface area contributed by atoms with Crippen molar-refractivity contribution in [2.24, 2.45) is 0 Å². The van der Waals surface area contributed by atoms with Gasteiger partial charge in [0, 0.05) is 6.54 Å². The molecule has 0 bridgehead atoms. The van der Waals surface area contributed by atoms with Gasteiger partial charge in [0.1, 0.15) is 17.5 Å². The van der Waals surface area contributed by atoms with Gasteiger partial charge in [-0.15, -0.1) is 0 Å². The van der Waals surface area contributed by atoms with E-state index in [0.717, 1.165) is 12.0 Å². The minimum Gasteiger partial charge on any atom is -0.495 e. The number of anilines is 1. The number of ether oxygens (including phenoxy) is 2. The maximum Gasteiger partial charge on any atom is 0.415 e. The number of hydrogen-bond donors (Lipinski definition) is 1. The van der Waals surface area contributed by atoms with E-state index < -0.39 is 12.1 Å². The molecule has 1 fully saturated rings. The molecule has 6 nitrogen and oxygen atoms in total. The molecule has 1 aliphatic rings. The molecule has 0 aliphatic carbocycles. The molecule has 0 aromatic heterocycles. The Balaban J connectivity index is 1.70. The Bertz CT molecular complexity index is 792. The van der Waals surface area contributed by atoms with Gasteiger partial charge in [-0.1, -0.05) is 24.3 Å². The summed E-state index contributed by atoms with van der Waals surface area (Å²) in [5, 5.41) is 2.88. The number of aryl methyl sites for hydroxylation is 1. The van der Waals surface area contributed by atoms with Crippen LogP contribution < -0.4 is 14.8 Å². The maximum absolute atomic E-state index is 12.7. The standard InChI is InChI=1S/C20H22N2O4/c1-14-10-11-18(25-2)16(13-14)21-19(23)17-9-6-12-22(17)20(24)26-15-7-4-3-5-8-15/h3-5,7-8,10-11,13,17H,6,9,12H2,1-2H3,(H,21,23)/t17-/m1/s1. The summed E-state index contributed by atoms with van der Waals surface area (Å²) < 4.78 is 10.7. The second kappa shape index (κ2) is 7.91. The van der Waals surface area contributed by atoms with Crippen molar-refractivity contribution in [1.29, 1.82) is 0 Å². The van der Waals surface area contributed by atoms with Gasteiger partial charge in [-0.05, 0) is 49.6 Å². The number of carbonyl (C=O) groups is 2. The molecule has 1 saturated heterocycles. The fourth-order valence-electron chi connectivity index (χ4n) is 3.04. The molecule has 6 heteroatoms. The van der Waals surface area contributed by atoms with Crippen molar-refractivity contribution in [2.45, 2.75) is 25.8 Å². The summed E-state index contributed by atoms with van der Waals surface area (Å²) in [5.41, 5.74) is 1.61. The van der Waals surface area contributed by atoms with E-state index in [-0.39, 0.29) is 5.91 Å². The summed E-state index contributed by atoms with van der Waals surface area (Å²) in [5.74, 6) is 0.806. The molecule has 0 radical (unpaired) electrons. The van der Waals surface area contributed by atoms with E-state index in [9.17, 15) is 9.59 Å². The second-order valence-electron chi connectivity index (χ2n) is 6.23. The van der Waals surface area contributed by atoms with Crippen molar-refractivity contribution in [3.63, 3.8) is 0 Å². The van der Waals surface area contributed by atoms with Crippen LogP contribution in [0.1, 0.15) is 18.4 Å². The molecule has 0 unspecified atom stereocenters. The third-order valence-corrected chi connectivity index (χ3v) is 4.35. The van der Waals surface area contributed by atoms with Crippen LogP contribution in [-0.2, 0) is 4.79 Å². The Labute approximate surface area is 152 Å². The van der Waals surface area contributed by atoms with Crippen LogP contribution in [0.5, 0.6) is 11.5 Å². The highest BCUT2D eigenvalue weighted by Crippen LogP contribution is 2.27. The number of carbonyl (C=O) groups excluding carboxylic acids is 2. The third kappa shape index (κ3) is 3.96. The fraction of sp³-hybridized carbons (Fsp3) is 0.300. The van der Waals surface area contributed by atoms with Crippen LogP contribution in [0.25, 0.3) is 0 Å². The Morgan fingerprint density at radius 2 is 1.92 bits per heavy atom. The van der Waals surface area contributed by atoms with Gasteiger partial charge in [0.2, 0.25) is 5.91 Å². The molecule has 3 rings (SSSR count). The van der Waals surface area contributed by atoms with Gasteiger partial charge < -0.3 is 14.8 Å². The first-order valence-electron chi connectivity index (χ1n) is 8.57. The Morgan fingerprint density at radius 1 is 1.15 bits per heavy atom. The Hall–Kier alpha value is -3.02. The molecule has 136 valence electrons. The number of likely N-dealkylation sites (tertiary alicyclic amines) is 1. The molecule has 1 heterocycles. The highest BCUT2D eigenvalue weighted by molar-refractivity contribution is 5.98. The van der Waals surface area contributed by atoms with Crippen molar-refractivity contribution in [1.82, 2.24) is 4.90 Å². The molecule has 2 aromatic carbocycles. The van der Waals surface area contributed by atoms with Crippen LogP contribution in [0.4, 0.5) is 10.5 Å². The highest BCUT2D eigenvalue weighted by Gasteiger charge is 2.35. The minimum absolute atomic E-state index is 0.239.